The number of hydrogen-bond donors (Lipinski definition) is 1. The summed E-state index contributed by atoms with van der Waals surface area (Å²) in [6.07, 6.45) is 0. The third-order valence-electron chi connectivity index (χ3n) is 6.08. The van der Waals surface area contributed by atoms with Gasteiger partial charge in [0.2, 0.25) is 11.8 Å². The topological polar surface area (TPSA) is 96.0 Å². The van der Waals surface area contributed by atoms with Gasteiger partial charge in [-0.15, -0.1) is 0 Å². The molecule has 0 spiro atoms. The monoisotopic (exact) mass is 655 g/mol. The van der Waals surface area contributed by atoms with Crippen molar-refractivity contribution in [3.05, 3.63) is 86.3 Å². The van der Waals surface area contributed by atoms with E-state index >= 15 is 0 Å². The van der Waals surface area contributed by atoms with E-state index in [4.69, 9.17) is 27.9 Å². The fourth-order valence-electron chi connectivity index (χ4n) is 3.80. The molecule has 0 aliphatic carbocycles. The van der Waals surface area contributed by atoms with Crippen molar-refractivity contribution in [2.45, 2.75) is 31.3 Å². The Morgan fingerprint density at radius 3 is 2.28 bits per heavy atom. The summed E-state index contributed by atoms with van der Waals surface area (Å²) in [5.74, 6) is -0.566. The van der Waals surface area contributed by atoms with Gasteiger partial charge in [0.25, 0.3) is 10.0 Å². The van der Waals surface area contributed by atoms with Crippen LogP contribution < -0.4 is 14.4 Å². The van der Waals surface area contributed by atoms with Crippen molar-refractivity contribution in [1.82, 2.24) is 10.2 Å². The molecule has 0 saturated carbocycles. The number of nitrogens with zero attached hydrogens (tertiary/aromatic N) is 2. The maximum absolute atomic E-state index is 13.9. The summed E-state index contributed by atoms with van der Waals surface area (Å²) in [5.41, 5.74) is 1.76. The zero-order chi connectivity index (χ0) is 28.9. The molecule has 1 atom stereocenters. The van der Waals surface area contributed by atoms with Gasteiger partial charge in [0.15, 0.2) is 0 Å². The molecular weight excluding hydrogens is 629 g/mol. The SMILES string of the molecule is CNC(=O)[C@H](C)N(Cc1ccc(Cl)cc1Cl)C(=O)CN(c1ccc(C)cc1)S(=O)(=O)c1ccc(OC)c(Br)c1. The summed E-state index contributed by atoms with van der Waals surface area (Å²) in [6, 6.07) is 15.0. The Morgan fingerprint density at radius 2 is 1.72 bits per heavy atom. The van der Waals surface area contributed by atoms with E-state index in [9.17, 15) is 18.0 Å². The number of carbonyl (C=O) groups excluding carboxylic acids is 2. The lowest BCUT2D eigenvalue weighted by molar-refractivity contribution is -0.139. The van der Waals surface area contributed by atoms with Crippen LogP contribution >= 0.6 is 39.1 Å². The molecule has 0 fully saturated rings. The van der Waals surface area contributed by atoms with Gasteiger partial charge in [-0.1, -0.05) is 47.0 Å². The van der Waals surface area contributed by atoms with Crippen LogP contribution in [0.3, 0.4) is 0 Å². The molecule has 3 aromatic carbocycles. The highest BCUT2D eigenvalue weighted by molar-refractivity contribution is 9.10. The molecule has 0 aliphatic heterocycles. The second-order valence-corrected chi connectivity index (χ2v) is 12.3. The van der Waals surface area contributed by atoms with Crippen LogP contribution in [0.4, 0.5) is 5.69 Å². The third-order valence-corrected chi connectivity index (χ3v) is 9.06. The van der Waals surface area contributed by atoms with Crippen LogP contribution in [-0.4, -0.2) is 51.9 Å². The molecular formula is C27H28BrCl2N3O5S. The Kier molecular flexibility index (Phi) is 10.3. The maximum Gasteiger partial charge on any atom is 0.264 e. The minimum Gasteiger partial charge on any atom is -0.496 e. The van der Waals surface area contributed by atoms with E-state index in [2.05, 4.69) is 21.2 Å². The molecule has 1 N–H and O–H groups in total. The van der Waals surface area contributed by atoms with Crippen molar-refractivity contribution < 1.29 is 22.7 Å². The Hall–Kier alpha value is -2.79. The van der Waals surface area contributed by atoms with Gasteiger partial charge in [0.1, 0.15) is 18.3 Å². The number of carbonyl (C=O) groups is 2. The summed E-state index contributed by atoms with van der Waals surface area (Å²) in [4.78, 5) is 27.7. The smallest absolute Gasteiger partial charge is 0.264 e. The lowest BCUT2D eigenvalue weighted by Crippen LogP contribution is -2.50. The molecule has 39 heavy (non-hydrogen) atoms. The molecule has 8 nitrogen and oxygen atoms in total. The number of anilines is 1. The molecule has 0 saturated heterocycles. The van der Waals surface area contributed by atoms with E-state index in [0.717, 1.165) is 9.87 Å². The van der Waals surface area contributed by atoms with Crippen LogP contribution in [-0.2, 0) is 26.2 Å². The summed E-state index contributed by atoms with van der Waals surface area (Å²) < 4.78 is 34.5. The van der Waals surface area contributed by atoms with Gasteiger partial charge in [-0.05, 0) is 77.8 Å². The van der Waals surface area contributed by atoms with Crippen molar-refractivity contribution in [3.8, 4) is 5.75 Å². The number of benzene rings is 3. The lowest BCUT2D eigenvalue weighted by atomic mass is 10.1. The number of sulfonamides is 1. The number of rotatable bonds is 10. The first-order chi connectivity index (χ1) is 18.4. The van der Waals surface area contributed by atoms with E-state index in [-0.39, 0.29) is 17.1 Å². The average molecular weight is 657 g/mol. The van der Waals surface area contributed by atoms with Gasteiger partial charge in [-0.25, -0.2) is 8.42 Å². The van der Waals surface area contributed by atoms with Gasteiger partial charge < -0.3 is 15.0 Å². The van der Waals surface area contributed by atoms with Crippen molar-refractivity contribution in [2.24, 2.45) is 0 Å². The van der Waals surface area contributed by atoms with Crippen molar-refractivity contribution in [3.63, 3.8) is 0 Å². The number of hydrogen-bond acceptors (Lipinski definition) is 5. The van der Waals surface area contributed by atoms with Crippen molar-refractivity contribution in [1.29, 1.82) is 0 Å². The first-order valence-corrected chi connectivity index (χ1v) is 14.8. The highest BCUT2D eigenvalue weighted by Crippen LogP contribution is 2.31. The fourth-order valence-corrected chi connectivity index (χ4v) is 6.40. The first kappa shape index (κ1) is 30.7. The third kappa shape index (κ3) is 7.25. The van der Waals surface area contributed by atoms with Crippen LogP contribution in [0.2, 0.25) is 10.0 Å². The molecule has 2 amide bonds. The van der Waals surface area contributed by atoms with E-state index in [1.165, 1.54) is 43.3 Å². The first-order valence-electron chi connectivity index (χ1n) is 11.8. The molecule has 3 rings (SSSR count). The highest BCUT2D eigenvalue weighted by atomic mass is 79.9. The van der Waals surface area contributed by atoms with Crippen LogP contribution in [0, 0.1) is 6.92 Å². The molecule has 12 heteroatoms. The fraction of sp³-hybridized carbons (Fsp3) is 0.259. The summed E-state index contributed by atoms with van der Waals surface area (Å²) >= 11 is 15.7. The largest absolute Gasteiger partial charge is 0.496 e. The van der Waals surface area contributed by atoms with Gasteiger partial charge in [-0.2, -0.15) is 0 Å². The van der Waals surface area contributed by atoms with E-state index < -0.39 is 34.4 Å². The van der Waals surface area contributed by atoms with Gasteiger partial charge in [-0.3, -0.25) is 13.9 Å². The van der Waals surface area contributed by atoms with E-state index in [1.807, 2.05) is 6.92 Å². The Balaban J connectivity index is 2.07. The number of likely N-dealkylation sites (N-methyl/N-ethyl adjacent to an activating group) is 1. The number of halogens is 3. The summed E-state index contributed by atoms with van der Waals surface area (Å²) in [6.45, 7) is 2.82. The minimum absolute atomic E-state index is 0.0424. The minimum atomic E-state index is -4.22. The second-order valence-electron chi connectivity index (χ2n) is 8.69. The molecule has 3 aromatic rings. The quantitative estimate of drug-likeness (QED) is 0.314. The Labute approximate surface area is 247 Å². The van der Waals surface area contributed by atoms with Gasteiger partial charge >= 0.3 is 0 Å². The van der Waals surface area contributed by atoms with Gasteiger partial charge in [0, 0.05) is 23.6 Å². The van der Waals surface area contributed by atoms with Crippen LogP contribution in [0.1, 0.15) is 18.1 Å². The zero-order valence-corrected chi connectivity index (χ0v) is 25.7. The average Bonchev–Trinajstić information content (AvgIpc) is 2.90. The lowest BCUT2D eigenvalue weighted by Gasteiger charge is -2.32. The molecule has 0 radical (unpaired) electrons. The number of nitrogens with one attached hydrogen (secondary N) is 1. The maximum atomic E-state index is 13.9. The molecule has 0 aromatic heterocycles. The summed E-state index contributed by atoms with van der Waals surface area (Å²) in [5, 5.41) is 3.27. The molecule has 208 valence electrons. The predicted octanol–water partition coefficient (Wildman–Crippen LogP) is 5.43. The van der Waals surface area contributed by atoms with E-state index in [0.29, 0.717) is 25.8 Å². The van der Waals surface area contributed by atoms with Crippen LogP contribution in [0.5, 0.6) is 5.75 Å². The molecule has 0 bridgehead atoms. The number of ether oxygens (including phenoxy) is 1. The van der Waals surface area contributed by atoms with Crippen LogP contribution in [0.25, 0.3) is 0 Å². The molecule has 0 aliphatic rings. The number of aryl methyl sites for hydroxylation is 1. The predicted molar refractivity (Wildman–Crippen MR) is 157 cm³/mol. The Bertz CT molecular complexity index is 1470. The number of methoxy groups -OCH3 is 1. The molecule has 0 heterocycles. The van der Waals surface area contributed by atoms with Crippen molar-refractivity contribution >= 4 is 66.7 Å². The molecule has 0 unspecified atom stereocenters. The standard InChI is InChI=1S/C27H28BrCl2N3O5S/c1-17-5-9-21(10-6-17)33(39(36,37)22-11-12-25(38-4)23(28)14-22)16-26(34)32(18(2)27(35)31-3)15-19-7-8-20(29)13-24(19)30/h5-14,18H,15-16H2,1-4H3,(H,31,35)/t18-/m0/s1. The van der Waals surface area contributed by atoms with E-state index in [1.54, 1.807) is 43.3 Å². The number of amides is 2. The van der Waals surface area contributed by atoms with Gasteiger partial charge in [0.05, 0.1) is 22.2 Å². The van der Waals surface area contributed by atoms with Crippen molar-refractivity contribution in [2.75, 3.05) is 25.0 Å². The zero-order valence-electron chi connectivity index (χ0n) is 21.7. The normalized spacial score (nSPS) is 12.0. The Morgan fingerprint density at radius 1 is 1.05 bits per heavy atom. The van der Waals surface area contributed by atoms with Crippen LogP contribution in [0.15, 0.2) is 70.0 Å². The second kappa shape index (κ2) is 13.0. The highest BCUT2D eigenvalue weighted by Gasteiger charge is 2.33. The summed E-state index contributed by atoms with van der Waals surface area (Å²) in [7, 11) is -1.29.